The normalized spacial score (nSPS) is 10.8. The van der Waals surface area contributed by atoms with Crippen LogP contribution in [0.4, 0.5) is 5.69 Å². The maximum absolute atomic E-state index is 12.7. The molecule has 1 aromatic heterocycles. The number of thioether (sulfide) groups is 1. The van der Waals surface area contributed by atoms with E-state index in [1.54, 1.807) is 25.3 Å². The van der Waals surface area contributed by atoms with E-state index in [-0.39, 0.29) is 11.8 Å². The number of rotatable bonds is 5. The van der Waals surface area contributed by atoms with E-state index in [0.29, 0.717) is 32.7 Å². The van der Waals surface area contributed by atoms with Gasteiger partial charge in [0.2, 0.25) is 0 Å². The van der Waals surface area contributed by atoms with E-state index < -0.39 is 0 Å². The van der Waals surface area contributed by atoms with Crippen molar-refractivity contribution >= 4 is 35.0 Å². The molecule has 2 rings (SSSR count). The third-order valence-corrected chi connectivity index (χ3v) is 4.43. The Morgan fingerprint density at radius 1 is 1.33 bits per heavy atom. The second-order valence-electron chi connectivity index (χ2n) is 5.51. The van der Waals surface area contributed by atoms with Crippen molar-refractivity contribution < 1.29 is 9.53 Å². The molecule has 24 heavy (non-hydrogen) atoms. The third kappa shape index (κ3) is 3.99. The first-order chi connectivity index (χ1) is 11.4. The number of ether oxygens (including phenoxy) is 1. The molecule has 1 heterocycles. The van der Waals surface area contributed by atoms with Crippen molar-refractivity contribution in [2.24, 2.45) is 0 Å². The van der Waals surface area contributed by atoms with Gasteiger partial charge in [0, 0.05) is 12.0 Å². The molecule has 0 aliphatic rings. The van der Waals surface area contributed by atoms with Gasteiger partial charge in [-0.1, -0.05) is 25.4 Å². The van der Waals surface area contributed by atoms with Crippen molar-refractivity contribution in [3.63, 3.8) is 0 Å². The topological polar surface area (TPSA) is 64.1 Å². The number of aromatic nitrogens is 2. The van der Waals surface area contributed by atoms with E-state index >= 15 is 0 Å². The van der Waals surface area contributed by atoms with Gasteiger partial charge < -0.3 is 10.1 Å². The van der Waals surface area contributed by atoms with Crippen LogP contribution in [-0.2, 0) is 0 Å². The fourth-order valence-corrected chi connectivity index (χ4v) is 2.99. The Kier molecular flexibility index (Phi) is 6.07. The molecule has 0 unspecified atom stereocenters. The van der Waals surface area contributed by atoms with E-state index in [2.05, 4.69) is 15.3 Å². The second-order valence-corrected chi connectivity index (χ2v) is 6.71. The number of carbonyl (C=O) groups excluding carboxylic acids is 1. The molecule has 1 amide bonds. The second kappa shape index (κ2) is 7.85. The summed E-state index contributed by atoms with van der Waals surface area (Å²) in [6.45, 7) is 5.86. The Balaban J connectivity index is 2.36. The minimum absolute atomic E-state index is 0.197. The number of nitrogens with zero attached hydrogens (tertiary/aromatic N) is 2. The molecule has 0 radical (unpaired) electrons. The molecule has 128 valence electrons. The number of nitrogens with one attached hydrogen (secondary N) is 1. The first-order valence-electron chi connectivity index (χ1n) is 7.44. The minimum atomic E-state index is -0.278. The average Bonchev–Trinajstić information content (AvgIpc) is 2.55. The van der Waals surface area contributed by atoms with Crippen LogP contribution in [-0.4, -0.2) is 29.2 Å². The van der Waals surface area contributed by atoms with Crippen molar-refractivity contribution in [1.82, 2.24) is 9.97 Å². The van der Waals surface area contributed by atoms with Crippen LogP contribution in [0.5, 0.6) is 5.75 Å². The average molecular weight is 366 g/mol. The number of anilines is 1. The van der Waals surface area contributed by atoms with Crippen LogP contribution < -0.4 is 10.1 Å². The molecule has 0 atom stereocenters. The molecule has 5 nitrogen and oxygen atoms in total. The zero-order valence-electron chi connectivity index (χ0n) is 14.3. The summed E-state index contributed by atoms with van der Waals surface area (Å²) >= 11 is 7.61. The van der Waals surface area contributed by atoms with Crippen LogP contribution in [0.1, 0.15) is 41.6 Å². The Morgan fingerprint density at radius 3 is 2.58 bits per heavy atom. The van der Waals surface area contributed by atoms with Gasteiger partial charge in [-0.3, -0.25) is 4.79 Å². The van der Waals surface area contributed by atoms with Gasteiger partial charge in [0.15, 0.2) is 0 Å². The summed E-state index contributed by atoms with van der Waals surface area (Å²) in [5.41, 5.74) is 1.64. The molecule has 7 heteroatoms. The Labute approximate surface area is 151 Å². The van der Waals surface area contributed by atoms with Crippen molar-refractivity contribution in [3.05, 3.63) is 40.3 Å². The summed E-state index contributed by atoms with van der Waals surface area (Å²) in [6, 6.07) is 5.09. The van der Waals surface area contributed by atoms with E-state index in [4.69, 9.17) is 16.3 Å². The number of aryl methyl sites for hydroxylation is 1. The summed E-state index contributed by atoms with van der Waals surface area (Å²) in [5, 5.41) is 3.89. The number of carbonyl (C=O) groups is 1. The summed E-state index contributed by atoms with van der Waals surface area (Å²) < 4.78 is 5.11. The lowest BCUT2D eigenvalue weighted by Gasteiger charge is -2.14. The summed E-state index contributed by atoms with van der Waals surface area (Å²) in [7, 11) is 1.56. The molecule has 0 saturated carbocycles. The van der Waals surface area contributed by atoms with E-state index in [1.807, 2.05) is 27.0 Å². The summed E-state index contributed by atoms with van der Waals surface area (Å²) in [6.07, 6.45) is 1.89. The van der Waals surface area contributed by atoms with Crippen LogP contribution in [0.2, 0.25) is 5.02 Å². The standard InChI is InChI=1S/C17H20ClN3O2S/c1-9(2)15-19-10(3)14(17(21-15)24-5)16(22)20-13-7-6-11(23-4)8-12(13)18/h6-9H,1-5H3,(H,20,22). The fourth-order valence-electron chi connectivity index (χ4n) is 2.14. The molecule has 1 aromatic carbocycles. The lowest BCUT2D eigenvalue weighted by atomic mass is 10.1. The van der Waals surface area contributed by atoms with Gasteiger partial charge >= 0.3 is 0 Å². The molecule has 0 aliphatic heterocycles. The molecular weight excluding hydrogens is 346 g/mol. The lowest BCUT2D eigenvalue weighted by Crippen LogP contribution is -2.18. The number of halogens is 1. The zero-order chi connectivity index (χ0) is 17.9. The molecule has 1 N–H and O–H groups in total. The number of amides is 1. The van der Waals surface area contributed by atoms with Gasteiger partial charge in [-0.25, -0.2) is 9.97 Å². The highest BCUT2D eigenvalue weighted by Crippen LogP contribution is 2.29. The Bertz CT molecular complexity index is 766. The maximum atomic E-state index is 12.7. The number of benzene rings is 1. The van der Waals surface area contributed by atoms with Crippen LogP contribution >= 0.6 is 23.4 Å². The fraction of sp³-hybridized carbons (Fsp3) is 0.353. The van der Waals surface area contributed by atoms with E-state index in [1.165, 1.54) is 11.8 Å². The Morgan fingerprint density at radius 2 is 2.04 bits per heavy atom. The highest BCUT2D eigenvalue weighted by molar-refractivity contribution is 7.98. The molecule has 0 bridgehead atoms. The first-order valence-corrected chi connectivity index (χ1v) is 9.05. The molecular formula is C17H20ClN3O2S. The van der Waals surface area contributed by atoms with Gasteiger partial charge in [-0.15, -0.1) is 11.8 Å². The molecule has 0 spiro atoms. The van der Waals surface area contributed by atoms with Crippen molar-refractivity contribution in [3.8, 4) is 5.75 Å². The third-order valence-electron chi connectivity index (χ3n) is 3.44. The molecule has 0 aliphatic carbocycles. The van der Waals surface area contributed by atoms with Gasteiger partial charge in [0.25, 0.3) is 5.91 Å². The van der Waals surface area contributed by atoms with Crippen molar-refractivity contribution in [1.29, 1.82) is 0 Å². The number of methoxy groups -OCH3 is 1. The Hall–Kier alpha value is -1.79. The number of hydrogen-bond acceptors (Lipinski definition) is 5. The van der Waals surface area contributed by atoms with Gasteiger partial charge in [-0.05, 0) is 25.3 Å². The zero-order valence-corrected chi connectivity index (χ0v) is 15.9. The quantitative estimate of drug-likeness (QED) is 0.622. The molecule has 2 aromatic rings. The summed E-state index contributed by atoms with van der Waals surface area (Å²) in [4.78, 5) is 21.7. The number of hydrogen-bond donors (Lipinski definition) is 1. The van der Waals surface area contributed by atoms with Crippen LogP contribution in [0.25, 0.3) is 0 Å². The van der Waals surface area contributed by atoms with Gasteiger partial charge in [0.1, 0.15) is 16.6 Å². The highest BCUT2D eigenvalue weighted by Gasteiger charge is 2.20. The van der Waals surface area contributed by atoms with E-state index in [9.17, 15) is 4.79 Å². The van der Waals surface area contributed by atoms with Gasteiger partial charge in [0.05, 0.1) is 29.1 Å². The predicted molar refractivity (Wildman–Crippen MR) is 98.6 cm³/mol. The van der Waals surface area contributed by atoms with Crippen LogP contribution in [0.15, 0.2) is 23.2 Å². The van der Waals surface area contributed by atoms with Crippen molar-refractivity contribution in [2.75, 3.05) is 18.7 Å². The largest absolute Gasteiger partial charge is 0.497 e. The predicted octanol–water partition coefficient (Wildman–Crippen LogP) is 4.54. The molecule has 0 saturated heterocycles. The van der Waals surface area contributed by atoms with E-state index in [0.717, 1.165) is 5.82 Å². The molecule has 0 fully saturated rings. The minimum Gasteiger partial charge on any atom is -0.497 e. The first kappa shape index (κ1) is 18.5. The van der Waals surface area contributed by atoms with Gasteiger partial charge in [-0.2, -0.15) is 0 Å². The smallest absolute Gasteiger partial charge is 0.260 e. The SMILES string of the molecule is COc1ccc(NC(=O)c2c(C)nc(C(C)C)nc2SC)c(Cl)c1. The summed E-state index contributed by atoms with van der Waals surface area (Å²) in [5.74, 6) is 1.28. The van der Waals surface area contributed by atoms with Crippen molar-refractivity contribution in [2.45, 2.75) is 31.7 Å². The lowest BCUT2D eigenvalue weighted by molar-refractivity contribution is 0.102. The van der Waals surface area contributed by atoms with Crippen LogP contribution in [0, 0.1) is 6.92 Å². The maximum Gasteiger partial charge on any atom is 0.260 e. The monoisotopic (exact) mass is 365 g/mol. The van der Waals surface area contributed by atoms with Crippen LogP contribution in [0.3, 0.4) is 0 Å². The highest BCUT2D eigenvalue weighted by atomic mass is 35.5.